The molecule has 2 aliphatic carbocycles. The van der Waals surface area contributed by atoms with E-state index in [4.69, 9.17) is 4.98 Å². The summed E-state index contributed by atoms with van der Waals surface area (Å²) in [5, 5.41) is 3.46. The van der Waals surface area contributed by atoms with Crippen molar-refractivity contribution in [2.75, 3.05) is 6.54 Å². The third kappa shape index (κ3) is 1.63. The van der Waals surface area contributed by atoms with Crippen molar-refractivity contribution in [3.63, 3.8) is 0 Å². The Balaban J connectivity index is 1.75. The molecule has 3 aliphatic rings. The van der Waals surface area contributed by atoms with Crippen molar-refractivity contribution >= 4 is 0 Å². The highest BCUT2D eigenvalue weighted by molar-refractivity contribution is 5.25. The Bertz CT molecular complexity index is 455. The molecule has 2 fully saturated rings. The van der Waals surface area contributed by atoms with Crippen molar-refractivity contribution < 1.29 is 0 Å². The summed E-state index contributed by atoms with van der Waals surface area (Å²) in [6.07, 6.45) is 8.19. The van der Waals surface area contributed by atoms with Crippen LogP contribution in [0.15, 0.2) is 0 Å². The Morgan fingerprint density at radius 3 is 2.78 bits per heavy atom. The molecule has 0 saturated heterocycles. The van der Waals surface area contributed by atoms with Crippen LogP contribution < -0.4 is 5.32 Å². The molecule has 0 aromatic carbocycles. The molecular formula is C15H23N3. The first-order chi connectivity index (χ1) is 8.84. The van der Waals surface area contributed by atoms with Gasteiger partial charge >= 0.3 is 0 Å². The Morgan fingerprint density at radius 1 is 1.28 bits per heavy atom. The molecule has 1 unspecified atom stereocenters. The number of aromatic nitrogens is 2. The molecule has 0 spiro atoms. The van der Waals surface area contributed by atoms with Gasteiger partial charge in [0.1, 0.15) is 5.82 Å². The maximum absolute atomic E-state index is 4.98. The minimum atomic E-state index is 0.684. The molecule has 4 rings (SSSR count). The molecule has 1 aromatic rings. The predicted molar refractivity (Wildman–Crippen MR) is 71.7 cm³/mol. The van der Waals surface area contributed by atoms with Gasteiger partial charge in [0.05, 0.1) is 5.69 Å². The second-order valence-corrected chi connectivity index (χ2v) is 6.37. The zero-order valence-corrected chi connectivity index (χ0v) is 11.3. The minimum Gasteiger partial charge on any atom is -0.328 e. The van der Waals surface area contributed by atoms with E-state index in [1.807, 2.05) is 0 Å². The topological polar surface area (TPSA) is 29.9 Å². The van der Waals surface area contributed by atoms with Gasteiger partial charge in [-0.05, 0) is 38.5 Å². The highest BCUT2D eigenvalue weighted by Crippen LogP contribution is 2.44. The fourth-order valence-corrected chi connectivity index (χ4v) is 3.57. The van der Waals surface area contributed by atoms with Crippen LogP contribution in [0.4, 0.5) is 0 Å². The van der Waals surface area contributed by atoms with E-state index in [2.05, 4.69) is 16.8 Å². The van der Waals surface area contributed by atoms with Crippen LogP contribution >= 0.6 is 0 Å². The Labute approximate surface area is 109 Å². The smallest absolute Gasteiger partial charge is 0.112 e. The highest BCUT2D eigenvalue weighted by Gasteiger charge is 2.36. The van der Waals surface area contributed by atoms with E-state index in [9.17, 15) is 0 Å². The quantitative estimate of drug-likeness (QED) is 0.887. The third-order valence-corrected chi connectivity index (χ3v) is 5.13. The van der Waals surface area contributed by atoms with E-state index in [0.717, 1.165) is 24.9 Å². The Hall–Kier alpha value is -0.830. The number of nitrogens with zero attached hydrogens (tertiary/aromatic N) is 2. The number of hydrogen-bond donors (Lipinski definition) is 1. The summed E-state index contributed by atoms with van der Waals surface area (Å²) in [7, 11) is 0. The first-order valence-corrected chi connectivity index (χ1v) is 7.65. The molecule has 2 heterocycles. The number of imidazole rings is 1. The summed E-state index contributed by atoms with van der Waals surface area (Å²) >= 11 is 0. The lowest BCUT2D eigenvalue weighted by Crippen LogP contribution is -2.29. The van der Waals surface area contributed by atoms with E-state index in [-0.39, 0.29) is 0 Å². The van der Waals surface area contributed by atoms with Gasteiger partial charge in [-0.1, -0.05) is 6.42 Å². The standard InChI is InChI=1S/C15H23N3/c1-10(11-3-2-4-11)18-14-7-8-16-9-13(14)17-15(18)12-5-6-12/h10-12,16H,2-9H2,1H3. The van der Waals surface area contributed by atoms with Gasteiger partial charge in [0.2, 0.25) is 0 Å². The molecule has 0 bridgehead atoms. The fraction of sp³-hybridized carbons (Fsp3) is 0.800. The van der Waals surface area contributed by atoms with Crippen molar-refractivity contribution in [2.45, 2.75) is 64.0 Å². The van der Waals surface area contributed by atoms with Gasteiger partial charge in [-0.15, -0.1) is 0 Å². The normalized spacial score (nSPS) is 25.6. The molecule has 1 N–H and O–H groups in total. The lowest BCUT2D eigenvalue weighted by molar-refractivity contribution is 0.216. The van der Waals surface area contributed by atoms with Crippen molar-refractivity contribution in [1.29, 1.82) is 0 Å². The van der Waals surface area contributed by atoms with Crippen molar-refractivity contribution in [1.82, 2.24) is 14.9 Å². The maximum Gasteiger partial charge on any atom is 0.112 e. The fourth-order valence-electron chi connectivity index (χ4n) is 3.57. The zero-order chi connectivity index (χ0) is 12.1. The van der Waals surface area contributed by atoms with Crippen LogP contribution in [0.1, 0.15) is 68.2 Å². The summed E-state index contributed by atoms with van der Waals surface area (Å²) in [4.78, 5) is 4.98. The van der Waals surface area contributed by atoms with Gasteiger partial charge in [-0.25, -0.2) is 4.98 Å². The lowest BCUT2D eigenvalue weighted by Gasteiger charge is -2.34. The molecule has 98 valence electrons. The van der Waals surface area contributed by atoms with E-state index >= 15 is 0 Å². The Morgan fingerprint density at radius 2 is 2.11 bits per heavy atom. The van der Waals surface area contributed by atoms with Gasteiger partial charge in [-0.3, -0.25) is 0 Å². The molecular weight excluding hydrogens is 222 g/mol. The SMILES string of the molecule is CC(C1CCC1)n1c(C2CC2)nc2c1CCNC2. The first-order valence-electron chi connectivity index (χ1n) is 7.65. The molecule has 0 amide bonds. The van der Waals surface area contributed by atoms with Crippen LogP contribution in [-0.4, -0.2) is 16.1 Å². The molecule has 3 nitrogen and oxygen atoms in total. The maximum atomic E-state index is 4.98. The average molecular weight is 245 g/mol. The summed E-state index contributed by atoms with van der Waals surface area (Å²) < 4.78 is 2.65. The van der Waals surface area contributed by atoms with Crippen LogP contribution in [0.25, 0.3) is 0 Å². The van der Waals surface area contributed by atoms with Gasteiger partial charge in [0, 0.05) is 37.2 Å². The van der Waals surface area contributed by atoms with E-state index < -0.39 is 0 Å². The van der Waals surface area contributed by atoms with Crippen LogP contribution in [0, 0.1) is 5.92 Å². The molecule has 2 saturated carbocycles. The molecule has 0 radical (unpaired) electrons. The van der Waals surface area contributed by atoms with Gasteiger partial charge in [-0.2, -0.15) is 0 Å². The average Bonchev–Trinajstić information content (AvgIpc) is 3.07. The molecule has 18 heavy (non-hydrogen) atoms. The summed E-state index contributed by atoms with van der Waals surface area (Å²) in [5.74, 6) is 3.11. The lowest BCUT2D eigenvalue weighted by atomic mass is 9.80. The number of rotatable bonds is 3. The minimum absolute atomic E-state index is 0.684. The number of fused-ring (bicyclic) bond motifs is 1. The van der Waals surface area contributed by atoms with Crippen LogP contribution in [0.2, 0.25) is 0 Å². The van der Waals surface area contributed by atoms with Gasteiger partial charge < -0.3 is 9.88 Å². The summed E-state index contributed by atoms with van der Waals surface area (Å²) in [6.45, 7) is 4.54. The third-order valence-electron chi connectivity index (χ3n) is 5.13. The summed E-state index contributed by atoms with van der Waals surface area (Å²) in [5.41, 5.74) is 2.89. The van der Waals surface area contributed by atoms with Crippen LogP contribution in [-0.2, 0) is 13.0 Å². The van der Waals surface area contributed by atoms with Crippen molar-refractivity contribution in [3.05, 3.63) is 17.2 Å². The van der Waals surface area contributed by atoms with Crippen molar-refractivity contribution in [2.24, 2.45) is 5.92 Å². The second-order valence-electron chi connectivity index (χ2n) is 6.37. The monoisotopic (exact) mass is 245 g/mol. The predicted octanol–water partition coefficient (Wildman–Crippen LogP) is 2.77. The van der Waals surface area contributed by atoms with E-state index in [1.54, 1.807) is 5.69 Å². The van der Waals surface area contributed by atoms with E-state index in [1.165, 1.54) is 50.0 Å². The van der Waals surface area contributed by atoms with E-state index in [0.29, 0.717) is 6.04 Å². The first kappa shape index (κ1) is 11.0. The summed E-state index contributed by atoms with van der Waals surface area (Å²) in [6, 6.07) is 0.684. The zero-order valence-electron chi connectivity index (χ0n) is 11.3. The number of hydrogen-bond acceptors (Lipinski definition) is 2. The van der Waals surface area contributed by atoms with Crippen molar-refractivity contribution in [3.8, 4) is 0 Å². The van der Waals surface area contributed by atoms with Crippen LogP contribution in [0.5, 0.6) is 0 Å². The molecule has 1 aliphatic heterocycles. The second kappa shape index (κ2) is 4.09. The van der Waals surface area contributed by atoms with Crippen LogP contribution in [0.3, 0.4) is 0 Å². The molecule has 1 atom stereocenters. The molecule has 1 aromatic heterocycles. The Kier molecular flexibility index (Phi) is 2.51. The highest BCUT2D eigenvalue weighted by atomic mass is 15.2. The van der Waals surface area contributed by atoms with Gasteiger partial charge in [0.25, 0.3) is 0 Å². The molecule has 3 heteroatoms. The number of nitrogens with one attached hydrogen (secondary N) is 1. The largest absolute Gasteiger partial charge is 0.328 e. The van der Waals surface area contributed by atoms with Gasteiger partial charge in [0.15, 0.2) is 0 Å².